The topological polar surface area (TPSA) is 35.6 Å². The molecule has 1 fully saturated rings. The third-order valence-electron chi connectivity index (χ3n) is 4.97. The standard InChI is InChI=1S/C19H27N3O/c1-16-7-12-22(13-8-16)19(23)20-10-14-21-11-9-18(15-21)17-5-3-2-4-6-17/h2-7,18H,8-15H2,1H3,(H,20,23). The Balaban J connectivity index is 1.38. The van der Waals surface area contributed by atoms with Crippen LogP contribution in [0.5, 0.6) is 0 Å². The maximum Gasteiger partial charge on any atom is 0.317 e. The Hall–Kier alpha value is -1.81. The molecule has 0 spiro atoms. The van der Waals surface area contributed by atoms with E-state index in [1.165, 1.54) is 17.6 Å². The molecule has 2 amide bonds. The monoisotopic (exact) mass is 313 g/mol. The number of rotatable bonds is 4. The number of likely N-dealkylation sites (tertiary alicyclic amines) is 1. The Bertz CT molecular complexity index is 555. The van der Waals surface area contributed by atoms with E-state index in [-0.39, 0.29) is 6.03 Å². The van der Waals surface area contributed by atoms with Gasteiger partial charge in [0.05, 0.1) is 0 Å². The third-order valence-corrected chi connectivity index (χ3v) is 4.97. The van der Waals surface area contributed by atoms with E-state index in [2.05, 4.69) is 53.5 Å². The molecule has 0 radical (unpaired) electrons. The molecule has 1 unspecified atom stereocenters. The van der Waals surface area contributed by atoms with Gasteiger partial charge in [0, 0.05) is 32.7 Å². The van der Waals surface area contributed by atoms with Gasteiger partial charge in [-0.1, -0.05) is 42.0 Å². The van der Waals surface area contributed by atoms with Crippen molar-refractivity contribution in [1.82, 2.24) is 15.1 Å². The minimum absolute atomic E-state index is 0.0764. The van der Waals surface area contributed by atoms with E-state index in [1.54, 1.807) is 0 Å². The van der Waals surface area contributed by atoms with Gasteiger partial charge >= 0.3 is 6.03 Å². The Morgan fingerprint density at radius 3 is 2.83 bits per heavy atom. The number of urea groups is 1. The number of benzene rings is 1. The van der Waals surface area contributed by atoms with Crippen LogP contribution in [0.15, 0.2) is 42.0 Å². The van der Waals surface area contributed by atoms with Crippen molar-refractivity contribution in [1.29, 1.82) is 0 Å². The molecule has 23 heavy (non-hydrogen) atoms. The maximum absolute atomic E-state index is 12.1. The zero-order valence-corrected chi connectivity index (χ0v) is 14.0. The van der Waals surface area contributed by atoms with E-state index in [0.29, 0.717) is 5.92 Å². The minimum Gasteiger partial charge on any atom is -0.337 e. The first-order chi connectivity index (χ1) is 11.2. The van der Waals surface area contributed by atoms with Crippen LogP contribution in [0, 0.1) is 0 Å². The van der Waals surface area contributed by atoms with Gasteiger partial charge in [-0.2, -0.15) is 0 Å². The molecule has 1 saturated heterocycles. The smallest absolute Gasteiger partial charge is 0.317 e. The summed E-state index contributed by atoms with van der Waals surface area (Å²) in [6.07, 6.45) is 4.36. The van der Waals surface area contributed by atoms with Crippen LogP contribution in [-0.4, -0.2) is 55.1 Å². The SMILES string of the molecule is CC1=CCN(C(=O)NCCN2CCC(c3ccccc3)C2)CC1. The Kier molecular flexibility index (Phi) is 5.34. The van der Waals surface area contributed by atoms with Gasteiger partial charge in [-0.3, -0.25) is 0 Å². The van der Waals surface area contributed by atoms with Gasteiger partial charge in [0.1, 0.15) is 0 Å². The lowest BCUT2D eigenvalue weighted by atomic mass is 9.99. The third kappa shape index (κ3) is 4.35. The first-order valence-electron chi connectivity index (χ1n) is 8.68. The van der Waals surface area contributed by atoms with Crippen molar-refractivity contribution >= 4 is 6.03 Å². The predicted octanol–water partition coefficient (Wildman–Crippen LogP) is 2.84. The van der Waals surface area contributed by atoms with Gasteiger partial charge in [-0.25, -0.2) is 4.79 Å². The van der Waals surface area contributed by atoms with Crippen LogP contribution in [-0.2, 0) is 0 Å². The van der Waals surface area contributed by atoms with Crippen LogP contribution < -0.4 is 5.32 Å². The fraction of sp³-hybridized carbons (Fsp3) is 0.526. The Morgan fingerprint density at radius 2 is 2.09 bits per heavy atom. The van der Waals surface area contributed by atoms with Crippen molar-refractivity contribution < 1.29 is 4.79 Å². The summed E-state index contributed by atoms with van der Waals surface area (Å²) in [5, 5.41) is 3.06. The van der Waals surface area contributed by atoms with E-state index >= 15 is 0 Å². The van der Waals surface area contributed by atoms with E-state index < -0.39 is 0 Å². The Morgan fingerprint density at radius 1 is 1.26 bits per heavy atom. The quantitative estimate of drug-likeness (QED) is 0.868. The summed E-state index contributed by atoms with van der Waals surface area (Å²) in [7, 11) is 0. The molecule has 2 aliphatic rings. The number of hydrogen-bond donors (Lipinski definition) is 1. The van der Waals surface area contributed by atoms with Gasteiger partial charge in [-0.05, 0) is 37.8 Å². The molecule has 2 heterocycles. The van der Waals surface area contributed by atoms with E-state index in [1.807, 2.05) is 4.90 Å². The molecule has 0 aliphatic carbocycles. The highest BCUT2D eigenvalue weighted by Crippen LogP contribution is 2.26. The van der Waals surface area contributed by atoms with E-state index in [4.69, 9.17) is 0 Å². The van der Waals surface area contributed by atoms with Crippen LogP contribution in [0.25, 0.3) is 0 Å². The second-order valence-corrected chi connectivity index (χ2v) is 6.68. The molecule has 2 aliphatic heterocycles. The number of amides is 2. The average Bonchev–Trinajstić information content (AvgIpc) is 3.05. The van der Waals surface area contributed by atoms with E-state index in [9.17, 15) is 4.79 Å². The number of nitrogens with zero attached hydrogens (tertiary/aromatic N) is 2. The second kappa shape index (κ2) is 7.64. The van der Waals surface area contributed by atoms with Gasteiger partial charge in [0.15, 0.2) is 0 Å². The molecule has 4 heteroatoms. The molecular formula is C19H27N3O. The lowest BCUT2D eigenvalue weighted by Crippen LogP contribution is -2.44. The summed E-state index contributed by atoms with van der Waals surface area (Å²) in [5.74, 6) is 0.641. The van der Waals surface area contributed by atoms with Crippen molar-refractivity contribution in [2.75, 3.05) is 39.3 Å². The first kappa shape index (κ1) is 16.1. The molecule has 0 aromatic heterocycles. The summed E-state index contributed by atoms with van der Waals surface area (Å²) in [6, 6.07) is 10.8. The Labute approximate surface area is 139 Å². The van der Waals surface area contributed by atoms with Gasteiger partial charge in [0.25, 0.3) is 0 Å². The highest BCUT2D eigenvalue weighted by molar-refractivity contribution is 5.74. The van der Waals surface area contributed by atoms with Crippen molar-refractivity contribution in [3.8, 4) is 0 Å². The van der Waals surface area contributed by atoms with Crippen LogP contribution in [0.1, 0.15) is 31.2 Å². The molecule has 0 saturated carbocycles. The number of carbonyl (C=O) groups excluding carboxylic acids is 1. The van der Waals surface area contributed by atoms with Crippen molar-refractivity contribution in [2.45, 2.75) is 25.7 Å². The second-order valence-electron chi connectivity index (χ2n) is 6.68. The molecule has 4 nitrogen and oxygen atoms in total. The lowest BCUT2D eigenvalue weighted by Gasteiger charge is -2.26. The van der Waals surface area contributed by atoms with Crippen LogP contribution in [0.3, 0.4) is 0 Å². The van der Waals surface area contributed by atoms with Crippen LogP contribution in [0.4, 0.5) is 4.79 Å². The highest BCUT2D eigenvalue weighted by Gasteiger charge is 2.23. The summed E-state index contributed by atoms with van der Waals surface area (Å²) in [4.78, 5) is 16.5. The molecule has 1 N–H and O–H groups in total. The zero-order chi connectivity index (χ0) is 16.1. The van der Waals surface area contributed by atoms with Crippen molar-refractivity contribution in [3.63, 3.8) is 0 Å². The number of nitrogens with one attached hydrogen (secondary N) is 1. The van der Waals surface area contributed by atoms with Gasteiger partial charge in [-0.15, -0.1) is 0 Å². The first-order valence-corrected chi connectivity index (χ1v) is 8.68. The average molecular weight is 313 g/mol. The normalized spacial score (nSPS) is 22.0. The molecule has 1 aromatic carbocycles. The summed E-state index contributed by atoms with van der Waals surface area (Å²) in [5.41, 5.74) is 2.83. The zero-order valence-electron chi connectivity index (χ0n) is 14.0. The predicted molar refractivity (Wildman–Crippen MR) is 93.6 cm³/mol. The fourth-order valence-corrected chi connectivity index (χ4v) is 3.42. The number of hydrogen-bond acceptors (Lipinski definition) is 2. The van der Waals surface area contributed by atoms with Crippen LogP contribution >= 0.6 is 0 Å². The molecule has 0 bridgehead atoms. The maximum atomic E-state index is 12.1. The molecule has 1 aromatic rings. The molecule has 124 valence electrons. The molecule has 3 rings (SSSR count). The molecular weight excluding hydrogens is 286 g/mol. The van der Waals surface area contributed by atoms with Crippen LogP contribution in [0.2, 0.25) is 0 Å². The summed E-state index contributed by atoms with van der Waals surface area (Å²) >= 11 is 0. The number of carbonyl (C=O) groups is 1. The van der Waals surface area contributed by atoms with Crippen molar-refractivity contribution in [3.05, 3.63) is 47.5 Å². The van der Waals surface area contributed by atoms with Gasteiger partial charge < -0.3 is 15.1 Å². The lowest BCUT2D eigenvalue weighted by molar-refractivity contribution is 0.200. The van der Waals surface area contributed by atoms with Crippen molar-refractivity contribution in [2.24, 2.45) is 0 Å². The minimum atomic E-state index is 0.0764. The fourth-order valence-electron chi connectivity index (χ4n) is 3.42. The van der Waals surface area contributed by atoms with E-state index in [0.717, 1.165) is 45.7 Å². The largest absolute Gasteiger partial charge is 0.337 e. The highest BCUT2D eigenvalue weighted by atomic mass is 16.2. The van der Waals surface area contributed by atoms with Gasteiger partial charge in [0.2, 0.25) is 0 Å². The molecule has 1 atom stereocenters. The summed E-state index contributed by atoms with van der Waals surface area (Å²) in [6.45, 7) is 7.63. The summed E-state index contributed by atoms with van der Waals surface area (Å²) < 4.78 is 0.